The van der Waals surface area contributed by atoms with E-state index in [1.807, 2.05) is 29.2 Å². The van der Waals surface area contributed by atoms with Crippen molar-refractivity contribution in [3.8, 4) is 0 Å². The Morgan fingerprint density at radius 3 is 2.67 bits per heavy atom. The van der Waals surface area contributed by atoms with Gasteiger partial charge in [0.15, 0.2) is 0 Å². The standard InChI is InChI=1S/C14H19BrN2O/c1-10-3-2-4-13(9-16)17(10)14(18)11-5-7-12(15)8-6-11/h5-8,10,13H,2-4,9,16H2,1H3. The largest absolute Gasteiger partial charge is 0.332 e. The Bertz CT molecular complexity index is 418. The maximum absolute atomic E-state index is 12.5. The van der Waals surface area contributed by atoms with E-state index in [1.54, 1.807) is 0 Å². The van der Waals surface area contributed by atoms with Crippen LogP contribution in [0.2, 0.25) is 0 Å². The lowest BCUT2D eigenvalue weighted by Crippen LogP contribution is -2.51. The molecule has 0 saturated carbocycles. The van der Waals surface area contributed by atoms with Gasteiger partial charge in [-0.05, 0) is 50.5 Å². The molecule has 2 rings (SSSR count). The smallest absolute Gasteiger partial charge is 0.254 e. The van der Waals surface area contributed by atoms with Gasteiger partial charge >= 0.3 is 0 Å². The Morgan fingerprint density at radius 1 is 1.39 bits per heavy atom. The monoisotopic (exact) mass is 310 g/mol. The highest BCUT2D eigenvalue weighted by Crippen LogP contribution is 2.24. The SMILES string of the molecule is CC1CCCC(CN)N1C(=O)c1ccc(Br)cc1. The molecule has 2 N–H and O–H groups in total. The first-order valence-corrected chi connectivity index (χ1v) is 7.21. The van der Waals surface area contributed by atoms with Crippen molar-refractivity contribution >= 4 is 21.8 Å². The summed E-state index contributed by atoms with van der Waals surface area (Å²) < 4.78 is 0.987. The van der Waals surface area contributed by atoms with Crippen LogP contribution in [0.3, 0.4) is 0 Å². The summed E-state index contributed by atoms with van der Waals surface area (Å²) in [7, 11) is 0. The third-order valence-electron chi connectivity index (χ3n) is 3.63. The third kappa shape index (κ3) is 2.75. The second kappa shape index (κ2) is 5.85. The number of rotatable bonds is 2. The van der Waals surface area contributed by atoms with Crippen LogP contribution in [0.4, 0.5) is 0 Å². The third-order valence-corrected chi connectivity index (χ3v) is 4.15. The predicted octanol–water partition coefficient (Wildman–Crippen LogP) is 2.79. The zero-order chi connectivity index (χ0) is 13.1. The van der Waals surface area contributed by atoms with Gasteiger partial charge in [0, 0.05) is 28.7 Å². The Morgan fingerprint density at radius 2 is 2.06 bits per heavy atom. The quantitative estimate of drug-likeness (QED) is 0.913. The van der Waals surface area contributed by atoms with Gasteiger partial charge in [-0.1, -0.05) is 15.9 Å². The van der Waals surface area contributed by atoms with E-state index >= 15 is 0 Å². The highest BCUT2D eigenvalue weighted by molar-refractivity contribution is 9.10. The number of benzene rings is 1. The molecule has 4 heteroatoms. The van der Waals surface area contributed by atoms with Gasteiger partial charge in [-0.2, -0.15) is 0 Å². The molecule has 0 aliphatic carbocycles. The van der Waals surface area contributed by atoms with Crippen LogP contribution < -0.4 is 5.73 Å². The number of piperidine rings is 1. The fourth-order valence-corrected chi connectivity index (χ4v) is 2.89. The van der Waals surface area contributed by atoms with Crippen LogP contribution in [0.15, 0.2) is 28.7 Å². The Balaban J connectivity index is 2.22. The van der Waals surface area contributed by atoms with Crippen LogP contribution in [-0.4, -0.2) is 29.4 Å². The molecule has 1 aliphatic rings. The topological polar surface area (TPSA) is 46.3 Å². The number of amides is 1. The number of halogens is 1. The Hall–Kier alpha value is -0.870. The fraction of sp³-hybridized carbons (Fsp3) is 0.500. The summed E-state index contributed by atoms with van der Waals surface area (Å²) in [5.74, 6) is 0.102. The van der Waals surface area contributed by atoms with Gasteiger partial charge in [0.1, 0.15) is 0 Å². The molecule has 1 fully saturated rings. The molecule has 0 radical (unpaired) electrons. The van der Waals surface area contributed by atoms with E-state index in [4.69, 9.17) is 5.73 Å². The van der Waals surface area contributed by atoms with E-state index in [0.717, 1.165) is 29.3 Å². The van der Waals surface area contributed by atoms with E-state index < -0.39 is 0 Å². The molecule has 1 aromatic carbocycles. The Kier molecular flexibility index (Phi) is 4.40. The molecule has 0 aromatic heterocycles. The first-order chi connectivity index (χ1) is 8.63. The average Bonchev–Trinajstić information content (AvgIpc) is 2.38. The lowest BCUT2D eigenvalue weighted by Gasteiger charge is -2.40. The molecule has 1 heterocycles. The molecule has 1 amide bonds. The summed E-state index contributed by atoms with van der Waals surface area (Å²) in [6, 6.07) is 8.00. The van der Waals surface area contributed by atoms with Crippen LogP contribution in [0.1, 0.15) is 36.5 Å². The molecular weight excluding hydrogens is 292 g/mol. The molecule has 1 aliphatic heterocycles. The molecular formula is C14H19BrN2O. The van der Waals surface area contributed by atoms with Gasteiger partial charge in [0.05, 0.1) is 0 Å². The highest BCUT2D eigenvalue weighted by atomic mass is 79.9. The van der Waals surface area contributed by atoms with Crippen LogP contribution >= 0.6 is 15.9 Å². The van der Waals surface area contributed by atoms with Gasteiger partial charge in [-0.15, -0.1) is 0 Å². The molecule has 18 heavy (non-hydrogen) atoms. The Labute approximate surface area is 116 Å². The molecule has 1 saturated heterocycles. The van der Waals surface area contributed by atoms with Crippen molar-refractivity contribution in [2.45, 2.75) is 38.3 Å². The van der Waals surface area contributed by atoms with Crippen LogP contribution in [0.25, 0.3) is 0 Å². The van der Waals surface area contributed by atoms with E-state index in [1.165, 1.54) is 0 Å². The number of carbonyl (C=O) groups excluding carboxylic acids is 1. The summed E-state index contributed by atoms with van der Waals surface area (Å²) in [6.07, 6.45) is 3.25. The maximum atomic E-state index is 12.5. The van der Waals surface area contributed by atoms with Crippen LogP contribution in [-0.2, 0) is 0 Å². The van der Waals surface area contributed by atoms with Crippen molar-refractivity contribution in [1.82, 2.24) is 4.90 Å². The van der Waals surface area contributed by atoms with Crippen molar-refractivity contribution < 1.29 is 4.79 Å². The molecule has 2 unspecified atom stereocenters. The summed E-state index contributed by atoms with van der Waals surface area (Å²) in [5, 5.41) is 0. The number of likely N-dealkylation sites (tertiary alicyclic amines) is 1. The van der Waals surface area contributed by atoms with E-state index in [9.17, 15) is 4.79 Å². The molecule has 0 spiro atoms. The lowest BCUT2D eigenvalue weighted by atomic mass is 9.95. The summed E-state index contributed by atoms with van der Waals surface area (Å²) in [5.41, 5.74) is 6.54. The minimum Gasteiger partial charge on any atom is -0.332 e. The van der Waals surface area contributed by atoms with Crippen LogP contribution in [0, 0.1) is 0 Å². The van der Waals surface area contributed by atoms with Gasteiger partial charge in [-0.3, -0.25) is 4.79 Å². The second-order valence-electron chi connectivity index (χ2n) is 4.89. The van der Waals surface area contributed by atoms with Crippen molar-refractivity contribution in [2.75, 3.05) is 6.54 Å². The zero-order valence-electron chi connectivity index (χ0n) is 10.6. The minimum atomic E-state index is 0.102. The predicted molar refractivity (Wildman–Crippen MR) is 76.5 cm³/mol. The second-order valence-corrected chi connectivity index (χ2v) is 5.80. The number of carbonyl (C=O) groups is 1. The van der Waals surface area contributed by atoms with Crippen molar-refractivity contribution in [3.63, 3.8) is 0 Å². The maximum Gasteiger partial charge on any atom is 0.254 e. The number of hydrogen-bond donors (Lipinski definition) is 1. The molecule has 3 nitrogen and oxygen atoms in total. The first-order valence-electron chi connectivity index (χ1n) is 6.41. The molecule has 2 atom stereocenters. The van der Waals surface area contributed by atoms with Crippen molar-refractivity contribution in [2.24, 2.45) is 5.73 Å². The number of hydrogen-bond acceptors (Lipinski definition) is 2. The van der Waals surface area contributed by atoms with Gasteiger partial charge in [0.25, 0.3) is 5.91 Å². The van der Waals surface area contributed by atoms with Gasteiger partial charge < -0.3 is 10.6 Å². The fourth-order valence-electron chi connectivity index (χ4n) is 2.63. The molecule has 98 valence electrons. The van der Waals surface area contributed by atoms with Gasteiger partial charge in [0.2, 0.25) is 0 Å². The minimum absolute atomic E-state index is 0.102. The summed E-state index contributed by atoms with van der Waals surface area (Å²) in [6.45, 7) is 2.66. The summed E-state index contributed by atoms with van der Waals surface area (Å²) in [4.78, 5) is 14.5. The van der Waals surface area contributed by atoms with E-state index in [0.29, 0.717) is 6.54 Å². The first kappa shape index (κ1) is 13.6. The highest BCUT2D eigenvalue weighted by Gasteiger charge is 2.31. The molecule has 1 aromatic rings. The summed E-state index contributed by atoms with van der Waals surface area (Å²) >= 11 is 3.38. The number of nitrogens with two attached hydrogens (primary N) is 1. The van der Waals surface area contributed by atoms with Crippen molar-refractivity contribution in [3.05, 3.63) is 34.3 Å². The van der Waals surface area contributed by atoms with Crippen LogP contribution in [0.5, 0.6) is 0 Å². The van der Waals surface area contributed by atoms with E-state index in [-0.39, 0.29) is 18.0 Å². The zero-order valence-corrected chi connectivity index (χ0v) is 12.2. The average molecular weight is 311 g/mol. The van der Waals surface area contributed by atoms with E-state index in [2.05, 4.69) is 22.9 Å². The van der Waals surface area contributed by atoms with Crippen molar-refractivity contribution in [1.29, 1.82) is 0 Å². The molecule has 0 bridgehead atoms. The number of nitrogens with zero attached hydrogens (tertiary/aromatic N) is 1. The lowest BCUT2D eigenvalue weighted by molar-refractivity contribution is 0.0494. The van der Waals surface area contributed by atoms with Gasteiger partial charge in [-0.25, -0.2) is 0 Å². The normalized spacial score (nSPS) is 24.1.